The van der Waals surface area contributed by atoms with Crippen molar-refractivity contribution in [1.82, 2.24) is 5.32 Å². The first-order chi connectivity index (χ1) is 8.38. The fraction of sp³-hybridized carbons (Fsp3) is 0.385. The minimum absolute atomic E-state index is 0.317. The van der Waals surface area contributed by atoms with E-state index in [-0.39, 0.29) is 5.91 Å². The maximum Gasteiger partial charge on any atom is 0.327 e. The lowest BCUT2D eigenvalue weighted by atomic mass is 10.2. The summed E-state index contributed by atoms with van der Waals surface area (Å²) in [6.07, 6.45) is 0. The number of hydrogen-bond acceptors (Lipinski definition) is 3. The zero-order valence-corrected chi connectivity index (χ0v) is 11.5. The van der Waals surface area contributed by atoms with Gasteiger partial charge < -0.3 is 10.4 Å². The van der Waals surface area contributed by atoms with Crippen LogP contribution in [0, 0.1) is 13.8 Å². The molecule has 2 N–H and O–H groups in total. The number of carbonyl (C=O) groups is 2. The predicted octanol–water partition coefficient (Wildman–Crippen LogP) is 1.98. The first-order valence-corrected chi connectivity index (χ1v) is 6.58. The molecule has 0 heterocycles. The van der Waals surface area contributed by atoms with Crippen LogP contribution in [0.3, 0.4) is 0 Å². The zero-order valence-electron chi connectivity index (χ0n) is 10.7. The molecule has 0 aromatic heterocycles. The van der Waals surface area contributed by atoms with Gasteiger partial charge in [-0.3, -0.25) is 4.79 Å². The molecule has 0 fully saturated rings. The Bertz CT molecular complexity index is 439. The fourth-order valence-electron chi connectivity index (χ4n) is 1.62. The minimum Gasteiger partial charge on any atom is -0.480 e. The van der Waals surface area contributed by atoms with Crippen molar-refractivity contribution in [1.29, 1.82) is 0 Å². The highest BCUT2D eigenvalue weighted by Crippen LogP contribution is 2.21. The Morgan fingerprint density at radius 3 is 2.28 bits per heavy atom. The monoisotopic (exact) mass is 267 g/mol. The van der Waals surface area contributed by atoms with E-state index in [1.807, 2.05) is 26.0 Å². The van der Waals surface area contributed by atoms with E-state index in [9.17, 15) is 9.59 Å². The van der Waals surface area contributed by atoms with Crippen molar-refractivity contribution in [3.05, 3.63) is 29.3 Å². The molecule has 0 aliphatic rings. The van der Waals surface area contributed by atoms with Gasteiger partial charge >= 0.3 is 5.97 Å². The van der Waals surface area contributed by atoms with E-state index >= 15 is 0 Å². The Kier molecular flexibility index (Phi) is 5.22. The van der Waals surface area contributed by atoms with Crippen LogP contribution in [0.15, 0.2) is 23.1 Å². The fourth-order valence-corrected chi connectivity index (χ4v) is 2.74. The zero-order chi connectivity index (χ0) is 13.7. The Hall–Kier alpha value is -1.49. The average molecular weight is 267 g/mol. The number of nitrogens with one attached hydrogen (secondary N) is 1. The van der Waals surface area contributed by atoms with Gasteiger partial charge in [0, 0.05) is 17.6 Å². The molecule has 1 atom stereocenters. The Balaban J connectivity index is 2.66. The van der Waals surface area contributed by atoms with Crippen LogP contribution in [0.4, 0.5) is 0 Å². The number of amides is 1. The third-order valence-electron chi connectivity index (χ3n) is 2.29. The number of carboxylic acids is 1. The maximum atomic E-state index is 11.0. The van der Waals surface area contributed by atoms with Gasteiger partial charge in [-0.1, -0.05) is 6.07 Å². The van der Waals surface area contributed by atoms with Gasteiger partial charge in [0.25, 0.3) is 0 Å². The number of aliphatic carboxylic acids is 1. The van der Waals surface area contributed by atoms with Crippen LogP contribution in [0.1, 0.15) is 18.1 Å². The van der Waals surface area contributed by atoms with Gasteiger partial charge in [0.2, 0.25) is 5.91 Å². The van der Waals surface area contributed by atoms with Crippen LogP contribution < -0.4 is 5.32 Å². The van der Waals surface area contributed by atoms with Crippen LogP contribution in [0.2, 0.25) is 0 Å². The summed E-state index contributed by atoms with van der Waals surface area (Å²) in [7, 11) is 0. The number of carbonyl (C=O) groups excluding carboxylic acids is 1. The average Bonchev–Trinajstić information content (AvgIpc) is 2.21. The Morgan fingerprint density at radius 1 is 1.28 bits per heavy atom. The first-order valence-electron chi connectivity index (χ1n) is 5.59. The summed E-state index contributed by atoms with van der Waals surface area (Å²) >= 11 is 1.43. The standard InChI is InChI=1S/C13H17NO3S/c1-8-4-9(2)6-11(5-8)18-7-12(13(16)17)14-10(3)15/h4-6,12H,7H2,1-3H3,(H,14,15)(H,16,17)/t12-/m0/s1. The van der Waals surface area contributed by atoms with Crippen LogP contribution in [0.25, 0.3) is 0 Å². The molecule has 0 saturated heterocycles. The Labute approximate surface area is 111 Å². The molecular formula is C13H17NO3S. The highest BCUT2D eigenvalue weighted by molar-refractivity contribution is 7.99. The summed E-state index contributed by atoms with van der Waals surface area (Å²) in [5, 5.41) is 11.4. The van der Waals surface area contributed by atoms with Crippen LogP contribution in [0.5, 0.6) is 0 Å². The minimum atomic E-state index is -1.01. The van der Waals surface area contributed by atoms with Crippen molar-refractivity contribution in [3.8, 4) is 0 Å². The van der Waals surface area contributed by atoms with Gasteiger partial charge in [-0.05, 0) is 37.1 Å². The van der Waals surface area contributed by atoms with Gasteiger partial charge in [-0.15, -0.1) is 11.8 Å². The highest BCUT2D eigenvalue weighted by Gasteiger charge is 2.18. The molecule has 1 aromatic rings. The lowest BCUT2D eigenvalue weighted by Crippen LogP contribution is -2.41. The summed E-state index contributed by atoms with van der Waals surface area (Å²) < 4.78 is 0. The molecule has 18 heavy (non-hydrogen) atoms. The summed E-state index contributed by atoms with van der Waals surface area (Å²) in [6, 6.07) is 5.22. The highest BCUT2D eigenvalue weighted by atomic mass is 32.2. The van der Waals surface area contributed by atoms with E-state index in [4.69, 9.17) is 5.11 Å². The van der Waals surface area contributed by atoms with Crippen molar-refractivity contribution in [3.63, 3.8) is 0 Å². The van der Waals surface area contributed by atoms with E-state index in [1.54, 1.807) is 0 Å². The Morgan fingerprint density at radius 2 is 1.83 bits per heavy atom. The topological polar surface area (TPSA) is 66.4 Å². The molecule has 0 aliphatic heterocycles. The smallest absolute Gasteiger partial charge is 0.327 e. The number of aryl methyl sites for hydroxylation is 2. The second-order valence-electron chi connectivity index (χ2n) is 4.23. The molecule has 5 heteroatoms. The van der Waals surface area contributed by atoms with Gasteiger partial charge in [0.1, 0.15) is 6.04 Å². The van der Waals surface area contributed by atoms with Crippen molar-refractivity contribution in [2.45, 2.75) is 31.7 Å². The molecule has 1 amide bonds. The molecule has 0 unspecified atom stereocenters. The second-order valence-corrected chi connectivity index (χ2v) is 5.32. The largest absolute Gasteiger partial charge is 0.480 e. The summed E-state index contributed by atoms with van der Waals surface area (Å²) in [6.45, 7) is 5.32. The molecule has 4 nitrogen and oxygen atoms in total. The SMILES string of the molecule is CC(=O)N[C@@H](CSc1cc(C)cc(C)c1)C(=O)O. The van der Waals surface area contributed by atoms with Crippen molar-refractivity contribution in [2.24, 2.45) is 0 Å². The molecule has 1 aromatic carbocycles. The van der Waals surface area contributed by atoms with Gasteiger partial charge in [-0.2, -0.15) is 0 Å². The van der Waals surface area contributed by atoms with Gasteiger partial charge in [0.15, 0.2) is 0 Å². The van der Waals surface area contributed by atoms with Gasteiger partial charge in [-0.25, -0.2) is 4.79 Å². The third kappa shape index (κ3) is 4.79. The number of carboxylic acid groups (broad SMARTS) is 1. The molecule has 0 radical (unpaired) electrons. The molecule has 0 aliphatic carbocycles. The number of thioether (sulfide) groups is 1. The summed E-state index contributed by atoms with van der Waals surface area (Å²) in [5.74, 6) is -1.02. The number of benzene rings is 1. The summed E-state index contributed by atoms with van der Waals surface area (Å²) in [4.78, 5) is 22.9. The van der Waals surface area contributed by atoms with Crippen molar-refractivity contribution in [2.75, 3.05) is 5.75 Å². The number of hydrogen-bond donors (Lipinski definition) is 2. The van der Waals surface area contributed by atoms with E-state index in [0.29, 0.717) is 5.75 Å². The van der Waals surface area contributed by atoms with E-state index < -0.39 is 12.0 Å². The lowest BCUT2D eigenvalue weighted by molar-refractivity contribution is -0.140. The predicted molar refractivity (Wildman–Crippen MR) is 71.9 cm³/mol. The summed E-state index contributed by atoms with van der Waals surface area (Å²) in [5.41, 5.74) is 2.29. The van der Waals surface area contributed by atoms with Crippen LogP contribution in [-0.4, -0.2) is 28.8 Å². The second kappa shape index (κ2) is 6.44. The third-order valence-corrected chi connectivity index (χ3v) is 3.36. The molecule has 1 rings (SSSR count). The van der Waals surface area contributed by atoms with E-state index in [1.165, 1.54) is 18.7 Å². The number of rotatable bonds is 5. The van der Waals surface area contributed by atoms with Gasteiger partial charge in [0.05, 0.1) is 0 Å². The quantitative estimate of drug-likeness (QED) is 0.801. The first kappa shape index (κ1) is 14.6. The molecule has 0 bridgehead atoms. The van der Waals surface area contributed by atoms with E-state index in [0.717, 1.165) is 16.0 Å². The normalized spacial score (nSPS) is 11.9. The van der Waals surface area contributed by atoms with E-state index in [2.05, 4.69) is 11.4 Å². The van der Waals surface area contributed by atoms with Crippen LogP contribution in [-0.2, 0) is 9.59 Å². The molecule has 0 saturated carbocycles. The van der Waals surface area contributed by atoms with Crippen LogP contribution >= 0.6 is 11.8 Å². The molecule has 0 spiro atoms. The lowest BCUT2D eigenvalue weighted by Gasteiger charge is -2.13. The van der Waals surface area contributed by atoms with Crippen molar-refractivity contribution >= 4 is 23.6 Å². The molecular weight excluding hydrogens is 250 g/mol. The maximum absolute atomic E-state index is 11.0. The van der Waals surface area contributed by atoms with Crippen molar-refractivity contribution < 1.29 is 14.7 Å². The molecule has 98 valence electrons.